The molecular formula is C21H27N3O4S. The Balaban J connectivity index is 1.89. The number of carbonyl (C=O) groups excluding carboxylic acids is 2. The molecule has 0 aliphatic rings. The second-order valence-corrected chi connectivity index (χ2v) is 9.46. The molecule has 29 heavy (non-hydrogen) atoms. The van der Waals surface area contributed by atoms with Crippen molar-refractivity contribution in [3.8, 4) is 0 Å². The van der Waals surface area contributed by atoms with Gasteiger partial charge in [-0.2, -0.15) is 0 Å². The summed E-state index contributed by atoms with van der Waals surface area (Å²) in [7, 11) is -3.65. The van der Waals surface area contributed by atoms with Crippen molar-refractivity contribution >= 4 is 27.5 Å². The minimum Gasteiger partial charge on any atom is -0.351 e. The highest BCUT2D eigenvalue weighted by atomic mass is 32.2. The molecule has 156 valence electrons. The van der Waals surface area contributed by atoms with E-state index < -0.39 is 10.0 Å². The maximum Gasteiger partial charge on any atom is 0.251 e. The Morgan fingerprint density at radius 2 is 1.62 bits per heavy atom. The topological polar surface area (TPSA) is 104 Å². The van der Waals surface area contributed by atoms with Gasteiger partial charge in [0.1, 0.15) is 0 Å². The molecule has 0 fully saturated rings. The van der Waals surface area contributed by atoms with Crippen LogP contribution in [0.5, 0.6) is 0 Å². The van der Waals surface area contributed by atoms with Crippen molar-refractivity contribution in [2.24, 2.45) is 0 Å². The van der Waals surface area contributed by atoms with Gasteiger partial charge in [-0.15, -0.1) is 0 Å². The molecule has 7 nitrogen and oxygen atoms in total. The Bertz CT molecular complexity index is 978. The van der Waals surface area contributed by atoms with E-state index in [0.29, 0.717) is 11.3 Å². The summed E-state index contributed by atoms with van der Waals surface area (Å²) >= 11 is 0. The van der Waals surface area contributed by atoms with Crippen molar-refractivity contribution in [3.63, 3.8) is 0 Å². The minimum atomic E-state index is -3.65. The Morgan fingerprint density at radius 1 is 0.966 bits per heavy atom. The van der Waals surface area contributed by atoms with Crippen LogP contribution >= 0.6 is 0 Å². The molecule has 0 heterocycles. The maximum absolute atomic E-state index is 12.4. The standard InChI is InChI=1S/C21H27N3O4S/c1-15(25)24-18-7-5-6-16(14-18)20(26)22-12-13-23-29(27,28)19-10-8-17(9-11-19)21(2,3)4/h5-11,14,23H,12-13H2,1-4H3,(H,22,26)(H,24,25). The highest BCUT2D eigenvalue weighted by Gasteiger charge is 2.17. The van der Waals surface area contributed by atoms with Crippen molar-refractivity contribution < 1.29 is 18.0 Å². The number of hydrogen-bond donors (Lipinski definition) is 3. The van der Waals surface area contributed by atoms with Crippen LogP contribution in [0.15, 0.2) is 53.4 Å². The lowest BCUT2D eigenvalue weighted by Gasteiger charge is -2.19. The fourth-order valence-corrected chi connectivity index (χ4v) is 3.65. The minimum absolute atomic E-state index is 0.0560. The Hall–Kier alpha value is -2.71. The molecule has 0 bridgehead atoms. The van der Waals surface area contributed by atoms with E-state index in [1.807, 2.05) is 0 Å². The molecule has 2 aromatic rings. The lowest BCUT2D eigenvalue weighted by atomic mass is 9.87. The van der Waals surface area contributed by atoms with E-state index in [-0.39, 0.29) is 35.2 Å². The molecule has 2 amide bonds. The van der Waals surface area contributed by atoms with Crippen LogP contribution in [-0.4, -0.2) is 33.3 Å². The molecule has 0 aromatic heterocycles. The van der Waals surface area contributed by atoms with E-state index in [2.05, 4.69) is 36.1 Å². The van der Waals surface area contributed by atoms with Crippen molar-refractivity contribution in [1.82, 2.24) is 10.0 Å². The lowest BCUT2D eigenvalue weighted by molar-refractivity contribution is -0.114. The summed E-state index contributed by atoms with van der Waals surface area (Å²) in [6.07, 6.45) is 0. The van der Waals surface area contributed by atoms with Crippen molar-refractivity contribution in [3.05, 3.63) is 59.7 Å². The predicted molar refractivity (Wildman–Crippen MR) is 113 cm³/mol. The first-order chi connectivity index (χ1) is 13.5. The molecule has 0 saturated carbocycles. The molecular weight excluding hydrogens is 390 g/mol. The van der Waals surface area contributed by atoms with Gasteiger partial charge in [-0.1, -0.05) is 39.0 Å². The molecule has 0 aliphatic heterocycles. The number of nitrogens with one attached hydrogen (secondary N) is 3. The van der Waals surface area contributed by atoms with E-state index in [0.717, 1.165) is 5.56 Å². The van der Waals surface area contributed by atoms with Crippen LogP contribution in [0.2, 0.25) is 0 Å². The molecule has 0 aliphatic carbocycles. The van der Waals surface area contributed by atoms with E-state index in [1.165, 1.54) is 6.92 Å². The first-order valence-electron chi connectivity index (χ1n) is 9.25. The quantitative estimate of drug-likeness (QED) is 0.603. The molecule has 0 saturated heterocycles. The van der Waals surface area contributed by atoms with Gasteiger partial charge >= 0.3 is 0 Å². The van der Waals surface area contributed by atoms with Crippen molar-refractivity contribution in [2.75, 3.05) is 18.4 Å². The zero-order valence-electron chi connectivity index (χ0n) is 17.1. The van der Waals surface area contributed by atoms with Gasteiger partial charge in [0.05, 0.1) is 4.90 Å². The van der Waals surface area contributed by atoms with Gasteiger partial charge in [0, 0.05) is 31.3 Å². The number of rotatable bonds is 7. The van der Waals surface area contributed by atoms with Crippen molar-refractivity contribution in [2.45, 2.75) is 38.0 Å². The normalized spacial score (nSPS) is 11.7. The average molecular weight is 418 g/mol. The zero-order valence-corrected chi connectivity index (χ0v) is 17.9. The highest BCUT2D eigenvalue weighted by molar-refractivity contribution is 7.89. The second kappa shape index (κ2) is 9.19. The van der Waals surface area contributed by atoms with Gasteiger partial charge in [0.25, 0.3) is 5.91 Å². The molecule has 0 spiro atoms. The van der Waals surface area contributed by atoms with Gasteiger partial charge in [-0.3, -0.25) is 9.59 Å². The third-order valence-corrected chi connectivity index (χ3v) is 5.66. The summed E-state index contributed by atoms with van der Waals surface area (Å²) < 4.78 is 27.3. The number of hydrogen-bond acceptors (Lipinski definition) is 4. The van der Waals surface area contributed by atoms with Crippen LogP contribution in [-0.2, 0) is 20.2 Å². The molecule has 2 aromatic carbocycles. The van der Waals surface area contributed by atoms with Crippen LogP contribution in [0.4, 0.5) is 5.69 Å². The Labute approximate surface area is 172 Å². The third kappa shape index (κ3) is 6.69. The largest absolute Gasteiger partial charge is 0.351 e. The van der Waals surface area contributed by atoms with E-state index >= 15 is 0 Å². The number of anilines is 1. The van der Waals surface area contributed by atoms with Crippen LogP contribution in [0, 0.1) is 0 Å². The summed E-state index contributed by atoms with van der Waals surface area (Å²) in [6, 6.07) is 13.3. The molecule has 8 heteroatoms. The average Bonchev–Trinajstić information content (AvgIpc) is 2.64. The summed E-state index contributed by atoms with van der Waals surface area (Å²) in [4.78, 5) is 23.5. The van der Waals surface area contributed by atoms with Crippen LogP contribution in [0.3, 0.4) is 0 Å². The summed E-state index contributed by atoms with van der Waals surface area (Å²) in [5, 5.41) is 5.26. The number of carbonyl (C=O) groups is 2. The van der Waals surface area contributed by atoms with Crippen LogP contribution in [0.25, 0.3) is 0 Å². The summed E-state index contributed by atoms with van der Waals surface area (Å²) in [6.45, 7) is 7.74. The first kappa shape index (κ1) is 22.6. The monoisotopic (exact) mass is 417 g/mol. The van der Waals surface area contributed by atoms with Gasteiger partial charge < -0.3 is 10.6 Å². The molecule has 2 rings (SSSR count). The first-order valence-corrected chi connectivity index (χ1v) is 10.7. The van der Waals surface area contributed by atoms with Gasteiger partial charge in [-0.25, -0.2) is 13.1 Å². The van der Waals surface area contributed by atoms with Crippen LogP contribution in [0.1, 0.15) is 43.6 Å². The lowest BCUT2D eigenvalue weighted by Crippen LogP contribution is -2.34. The maximum atomic E-state index is 12.4. The molecule has 3 N–H and O–H groups in total. The molecule has 0 atom stereocenters. The summed E-state index contributed by atoms with van der Waals surface area (Å²) in [5.74, 6) is -0.585. The highest BCUT2D eigenvalue weighted by Crippen LogP contribution is 2.23. The van der Waals surface area contributed by atoms with E-state index in [4.69, 9.17) is 0 Å². The zero-order chi connectivity index (χ0) is 21.7. The van der Waals surface area contributed by atoms with Gasteiger partial charge in [0.2, 0.25) is 15.9 Å². The number of amides is 2. The Morgan fingerprint density at radius 3 is 2.21 bits per heavy atom. The second-order valence-electron chi connectivity index (χ2n) is 7.69. The third-order valence-electron chi connectivity index (χ3n) is 4.18. The SMILES string of the molecule is CC(=O)Nc1cccc(C(=O)NCCNS(=O)(=O)c2ccc(C(C)(C)C)cc2)c1. The van der Waals surface area contributed by atoms with Crippen LogP contribution < -0.4 is 15.4 Å². The number of sulfonamides is 1. The molecule has 0 unspecified atom stereocenters. The fraction of sp³-hybridized carbons (Fsp3) is 0.333. The Kier molecular flexibility index (Phi) is 7.16. The summed E-state index contributed by atoms with van der Waals surface area (Å²) in [5.41, 5.74) is 1.88. The van der Waals surface area contributed by atoms with E-state index in [9.17, 15) is 18.0 Å². The van der Waals surface area contributed by atoms with Gasteiger partial charge in [0.15, 0.2) is 0 Å². The predicted octanol–water partition coefficient (Wildman–Crippen LogP) is 2.65. The smallest absolute Gasteiger partial charge is 0.251 e. The number of benzene rings is 2. The van der Waals surface area contributed by atoms with Gasteiger partial charge in [-0.05, 0) is 41.3 Å². The van der Waals surface area contributed by atoms with E-state index in [1.54, 1.807) is 48.5 Å². The fourth-order valence-electron chi connectivity index (χ4n) is 2.62. The molecule has 0 radical (unpaired) electrons. The van der Waals surface area contributed by atoms with Crippen molar-refractivity contribution in [1.29, 1.82) is 0 Å².